The first kappa shape index (κ1) is 36.8. The predicted octanol–water partition coefficient (Wildman–Crippen LogP) is 16.5. The van der Waals surface area contributed by atoms with Gasteiger partial charge in [0.25, 0.3) is 0 Å². The predicted molar refractivity (Wildman–Crippen MR) is 262 cm³/mol. The molecule has 0 radical (unpaired) electrons. The number of allylic oxidation sites excluding steroid dienone is 1. The van der Waals surface area contributed by atoms with Gasteiger partial charge in [0.2, 0.25) is 0 Å². The minimum absolute atomic E-state index is 0.142. The molecule has 0 atom stereocenters. The van der Waals surface area contributed by atoms with E-state index in [9.17, 15) is 0 Å². The van der Waals surface area contributed by atoms with Crippen molar-refractivity contribution in [3.63, 3.8) is 0 Å². The van der Waals surface area contributed by atoms with Crippen LogP contribution in [0, 0.1) is 0 Å². The maximum Gasteiger partial charge on any atom is 0.0541 e. The zero-order valence-corrected chi connectivity index (χ0v) is 35.0. The molecule has 1 heteroatoms. The second-order valence-corrected chi connectivity index (χ2v) is 17.6. The molecule has 61 heavy (non-hydrogen) atoms. The van der Waals surface area contributed by atoms with E-state index in [0.29, 0.717) is 0 Å². The molecule has 1 heterocycles. The number of hydrogen-bond acceptors (Lipinski definition) is 0. The highest BCUT2D eigenvalue weighted by Crippen LogP contribution is 2.45. The molecule has 9 aromatic carbocycles. The Morgan fingerprint density at radius 3 is 1.46 bits per heavy atom. The zero-order chi connectivity index (χ0) is 41.1. The van der Waals surface area contributed by atoms with Crippen molar-refractivity contribution in [2.24, 2.45) is 0 Å². The topological polar surface area (TPSA) is 4.93 Å². The van der Waals surface area contributed by atoms with Crippen LogP contribution in [-0.2, 0) is 11.8 Å². The summed E-state index contributed by atoms with van der Waals surface area (Å²) in [6, 6.07) is 71.9. The first-order valence-corrected chi connectivity index (χ1v) is 21.6. The van der Waals surface area contributed by atoms with Gasteiger partial charge < -0.3 is 4.57 Å². The standard InChI is InChI=1S/C60H47N/c1-60(2,3)48-36-33-43(34-37-48)42-27-31-46(32-28-42)59-53-18-9-7-16-51(53)58(52-17-8-10-19-54(52)59)45-29-25-41(26-30-45)40-21-23-44(24-22-40)47-35-38-57-55(39-47)50-15-11-12-20-56(50)61(57)49-13-5-4-6-14-49/h4-7,9-16,18-39H,8,17H2,1-3H3. The van der Waals surface area contributed by atoms with Crippen molar-refractivity contribution in [2.45, 2.75) is 39.0 Å². The van der Waals surface area contributed by atoms with Gasteiger partial charge in [-0.2, -0.15) is 0 Å². The summed E-state index contributed by atoms with van der Waals surface area (Å²) in [5.74, 6) is 0. The summed E-state index contributed by atoms with van der Waals surface area (Å²) in [6.45, 7) is 6.81. The molecule has 1 nitrogen and oxygen atoms in total. The quantitative estimate of drug-likeness (QED) is 0.158. The maximum absolute atomic E-state index is 2.37. The summed E-state index contributed by atoms with van der Waals surface area (Å²) in [5, 5.41) is 5.15. The smallest absolute Gasteiger partial charge is 0.0541 e. The van der Waals surface area contributed by atoms with Crippen molar-refractivity contribution in [1.29, 1.82) is 0 Å². The zero-order valence-electron chi connectivity index (χ0n) is 35.0. The molecule has 0 amide bonds. The van der Waals surface area contributed by atoms with Gasteiger partial charge in [-0.1, -0.05) is 197 Å². The fourth-order valence-electron chi connectivity index (χ4n) is 9.71. The van der Waals surface area contributed by atoms with E-state index in [1.807, 2.05) is 0 Å². The van der Waals surface area contributed by atoms with E-state index in [1.165, 1.54) is 111 Å². The Hall–Kier alpha value is -7.22. The molecule has 10 aromatic rings. The van der Waals surface area contributed by atoms with Crippen LogP contribution in [0.5, 0.6) is 0 Å². The Morgan fingerprint density at radius 1 is 0.393 bits per heavy atom. The highest BCUT2D eigenvalue weighted by molar-refractivity contribution is 6.11. The van der Waals surface area contributed by atoms with Gasteiger partial charge in [0, 0.05) is 16.5 Å². The molecule has 0 spiro atoms. The summed E-state index contributed by atoms with van der Waals surface area (Å²) in [5.41, 5.74) is 20.5. The van der Waals surface area contributed by atoms with Gasteiger partial charge in [-0.3, -0.25) is 0 Å². The fraction of sp³-hybridized carbons (Fsp3) is 0.100. The van der Waals surface area contributed by atoms with Crippen LogP contribution in [0.15, 0.2) is 200 Å². The van der Waals surface area contributed by atoms with E-state index < -0.39 is 0 Å². The van der Waals surface area contributed by atoms with E-state index in [1.54, 1.807) is 0 Å². The van der Waals surface area contributed by atoms with Gasteiger partial charge in [0.05, 0.1) is 11.0 Å². The number of rotatable bonds is 6. The minimum Gasteiger partial charge on any atom is -0.309 e. The highest BCUT2D eigenvalue weighted by atomic mass is 15.0. The third kappa shape index (κ3) is 6.49. The maximum atomic E-state index is 2.37. The molecule has 0 bridgehead atoms. The number of hydrogen-bond donors (Lipinski definition) is 0. The van der Waals surface area contributed by atoms with Crippen LogP contribution in [0.2, 0.25) is 0 Å². The molecule has 0 saturated heterocycles. The van der Waals surface area contributed by atoms with E-state index in [2.05, 4.69) is 232 Å². The largest absolute Gasteiger partial charge is 0.309 e. The Balaban J connectivity index is 0.914. The molecule has 0 unspecified atom stereocenters. The SMILES string of the molecule is CC(C)(C)c1ccc(-c2ccc(-c3c4c(c(-c5ccc(-c6ccc(-c7ccc8c(c7)c7ccccc7n8-c7ccccc7)cc6)cc5)c5ccccc35)CCC=C4)cc2)cc1. The Labute approximate surface area is 358 Å². The van der Waals surface area contributed by atoms with Crippen LogP contribution >= 0.6 is 0 Å². The van der Waals surface area contributed by atoms with Crippen molar-refractivity contribution >= 4 is 38.7 Å². The lowest BCUT2D eigenvalue weighted by molar-refractivity contribution is 0.590. The number of aromatic nitrogens is 1. The monoisotopic (exact) mass is 781 g/mol. The van der Waals surface area contributed by atoms with Crippen LogP contribution in [-0.4, -0.2) is 4.57 Å². The summed E-state index contributed by atoms with van der Waals surface area (Å²) >= 11 is 0. The molecule has 292 valence electrons. The van der Waals surface area contributed by atoms with E-state index in [-0.39, 0.29) is 5.41 Å². The molecule has 0 aliphatic heterocycles. The van der Waals surface area contributed by atoms with E-state index >= 15 is 0 Å². The third-order valence-electron chi connectivity index (χ3n) is 12.9. The first-order valence-electron chi connectivity index (χ1n) is 21.6. The van der Waals surface area contributed by atoms with Crippen LogP contribution in [0.1, 0.15) is 43.9 Å². The first-order chi connectivity index (χ1) is 29.9. The van der Waals surface area contributed by atoms with E-state index in [4.69, 9.17) is 0 Å². The van der Waals surface area contributed by atoms with Crippen LogP contribution < -0.4 is 0 Å². The molecule has 0 fully saturated rings. The number of para-hydroxylation sites is 2. The van der Waals surface area contributed by atoms with Gasteiger partial charge in [-0.25, -0.2) is 0 Å². The molecule has 1 aliphatic rings. The summed E-state index contributed by atoms with van der Waals surface area (Å²) in [7, 11) is 0. The summed E-state index contributed by atoms with van der Waals surface area (Å²) in [6.07, 6.45) is 6.80. The number of nitrogens with zero attached hydrogens (tertiary/aromatic N) is 1. The fourth-order valence-corrected chi connectivity index (χ4v) is 9.71. The Morgan fingerprint density at radius 2 is 0.852 bits per heavy atom. The molecule has 1 aromatic heterocycles. The summed E-state index contributed by atoms with van der Waals surface area (Å²) < 4.78 is 2.37. The van der Waals surface area contributed by atoms with Crippen molar-refractivity contribution in [1.82, 2.24) is 4.57 Å². The van der Waals surface area contributed by atoms with Crippen LogP contribution in [0.3, 0.4) is 0 Å². The molecule has 1 aliphatic carbocycles. The second kappa shape index (κ2) is 14.8. The minimum atomic E-state index is 0.142. The second-order valence-electron chi connectivity index (χ2n) is 17.6. The lowest BCUT2D eigenvalue weighted by atomic mass is 9.80. The molecule has 11 rings (SSSR count). The van der Waals surface area contributed by atoms with Crippen molar-refractivity contribution < 1.29 is 0 Å². The van der Waals surface area contributed by atoms with Crippen molar-refractivity contribution in [3.05, 3.63) is 217 Å². The van der Waals surface area contributed by atoms with Gasteiger partial charge in [0.15, 0.2) is 0 Å². The van der Waals surface area contributed by atoms with Gasteiger partial charge in [-0.05, 0) is 132 Å². The Kier molecular flexibility index (Phi) is 8.94. The van der Waals surface area contributed by atoms with Crippen molar-refractivity contribution in [3.8, 4) is 61.3 Å². The number of fused-ring (bicyclic) bond motifs is 5. The lowest BCUT2D eigenvalue weighted by Gasteiger charge is -2.24. The average Bonchev–Trinajstić information content (AvgIpc) is 3.65. The normalized spacial score (nSPS) is 12.6. The third-order valence-corrected chi connectivity index (χ3v) is 12.9. The summed E-state index contributed by atoms with van der Waals surface area (Å²) in [4.78, 5) is 0. The molecule has 0 N–H and O–H groups in total. The highest BCUT2D eigenvalue weighted by Gasteiger charge is 2.22. The van der Waals surface area contributed by atoms with Crippen LogP contribution in [0.25, 0.3) is 100.0 Å². The average molecular weight is 782 g/mol. The lowest BCUT2D eigenvalue weighted by Crippen LogP contribution is -2.10. The molecular weight excluding hydrogens is 735 g/mol. The molecular formula is C60H47N. The van der Waals surface area contributed by atoms with Gasteiger partial charge in [-0.15, -0.1) is 0 Å². The van der Waals surface area contributed by atoms with Gasteiger partial charge >= 0.3 is 0 Å². The van der Waals surface area contributed by atoms with Crippen molar-refractivity contribution in [2.75, 3.05) is 0 Å². The number of benzene rings is 9. The Bertz CT molecular complexity index is 3260. The van der Waals surface area contributed by atoms with Crippen LogP contribution in [0.4, 0.5) is 0 Å². The molecule has 0 saturated carbocycles. The van der Waals surface area contributed by atoms with Gasteiger partial charge in [0.1, 0.15) is 0 Å². The van der Waals surface area contributed by atoms with E-state index in [0.717, 1.165) is 12.8 Å².